The molecule has 0 spiro atoms. The number of aromatic nitrogens is 2. The van der Waals surface area contributed by atoms with Crippen LogP contribution < -0.4 is 0 Å². The first-order valence-electron chi connectivity index (χ1n) is 7.94. The van der Waals surface area contributed by atoms with Crippen LogP contribution in [0.3, 0.4) is 0 Å². The predicted molar refractivity (Wildman–Crippen MR) is 102 cm³/mol. The Balaban J connectivity index is 1.96. The maximum absolute atomic E-state index is 12.8. The average molecular weight is 399 g/mol. The van der Waals surface area contributed by atoms with Gasteiger partial charge in [0.05, 0.1) is 23.0 Å². The van der Waals surface area contributed by atoms with Crippen LogP contribution in [0.5, 0.6) is 5.75 Å². The Morgan fingerprint density at radius 1 is 1.12 bits per heavy atom. The first-order valence-corrected chi connectivity index (χ1v) is 8.74. The monoisotopic (exact) mass is 398 g/mol. The average Bonchev–Trinajstić information content (AvgIpc) is 3.04. The van der Waals surface area contributed by atoms with Gasteiger partial charge in [-0.1, -0.05) is 42.8 Å². The highest BCUT2D eigenvalue weighted by Gasteiger charge is 2.20. The van der Waals surface area contributed by atoms with Gasteiger partial charge in [-0.05, 0) is 47.4 Å². The third-order valence-corrected chi connectivity index (χ3v) is 4.57. The molecule has 0 saturated carbocycles. The van der Waals surface area contributed by atoms with Crippen molar-refractivity contribution in [3.05, 3.63) is 76.0 Å². The lowest BCUT2D eigenvalue weighted by Gasteiger charge is -2.20. The van der Waals surface area contributed by atoms with Crippen molar-refractivity contribution in [1.82, 2.24) is 9.78 Å². The second-order valence-electron chi connectivity index (χ2n) is 6.96. The number of hydrogen-bond acceptors (Lipinski definition) is 3. The summed E-state index contributed by atoms with van der Waals surface area (Å²) >= 11 is 3.40. The summed E-state index contributed by atoms with van der Waals surface area (Å²) in [7, 11) is 0. The quantitative estimate of drug-likeness (QED) is 0.640. The highest BCUT2D eigenvalue weighted by atomic mass is 79.9. The fourth-order valence-electron chi connectivity index (χ4n) is 2.52. The molecule has 0 aliphatic carbocycles. The summed E-state index contributed by atoms with van der Waals surface area (Å²) in [5, 5.41) is 14.4. The molecular formula is C20H19BrN2O2. The van der Waals surface area contributed by atoms with E-state index in [9.17, 15) is 9.90 Å². The van der Waals surface area contributed by atoms with Gasteiger partial charge < -0.3 is 5.11 Å². The Morgan fingerprint density at radius 2 is 1.80 bits per heavy atom. The molecule has 25 heavy (non-hydrogen) atoms. The van der Waals surface area contributed by atoms with Crippen molar-refractivity contribution in [1.29, 1.82) is 0 Å². The van der Waals surface area contributed by atoms with Gasteiger partial charge in [0, 0.05) is 10.7 Å². The van der Waals surface area contributed by atoms with Gasteiger partial charge in [-0.15, -0.1) is 0 Å². The fraction of sp³-hybridized carbons (Fsp3) is 0.200. The molecule has 0 bridgehead atoms. The number of aromatic hydroxyl groups is 1. The summed E-state index contributed by atoms with van der Waals surface area (Å²) in [6.07, 6.45) is 3.20. The van der Waals surface area contributed by atoms with Crippen LogP contribution in [-0.4, -0.2) is 20.7 Å². The lowest BCUT2D eigenvalue weighted by Crippen LogP contribution is -2.12. The third-order valence-electron chi connectivity index (χ3n) is 4.04. The summed E-state index contributed by atoms with van der Waals surface area (Å²) in [5.41, 5.74) is 2.47. The predicted octanol–water partition coefficient (Wildman–Crippen LogP) is 4.87. The number of ketones is 1. The van der Waals surface area contributed by atoms with Crippen molar-refractivity contribution < 1.29 is 9.90 Å². The minimum absolute atomic E-state index is 0.0191. The van der Waals surface area contributed by atoms with Gasteiger partial charge in [-0.2, -0.15) is 5.10 Å². The summed E-state index contributed by atoms with van der Waals surface area (Å²) < 4.78 is 2.62. The molecule has 0 fully saturated rings. The Kier molecular flexibility index (Phi) is 4.52. The molecular weight excluding hydrogens is 380 g/mol. The molecule has 3 aromatic rings. The lowest BCUT2D eigenvalue weighted by molar-refractivity contribution is 0.103. The first-order chi connectivity index (χ1) is 11.8. The van der Waals surface area contributed by atoms with E-state index in [4.69, 9.17) is 0 Å². The summed E-state index contributed by atoms with van der Waals surface area (Å²) in [5.74, 6) is -0.263. The summed E-state index contributed by atoms with van der Waals surface area (Å²) in [4.78, 5) is 12.8. The normalized spacial score (nSPS) is 11.5. The van der Waals surface area contributed by atoms with Crippen molar-refractivity contribution in [3.8, 4) is 11.4 Å². The maximum atomic E-state index is 12.8. The zero-order valence-corrected chi connectivity index (χ0v) is 15.9. The molecule has 0 aliphatic heterocycles. The number of rotatable bonds is 3. The number of carbonyl (C=O) groups excluding carboxylic acids is 1. The van der Waals surface area contributed by atoms with Crippen molar-refractivity contribution >= 4 is 21.7 Å². The topological polar surface area (TPSA) is 55.1 Å². The van der Waals surface area contributed by atoms with Crippen molar-refractivity contribution in [2.24, 2.45) is 0 Å². The second-order valence-corrected chi connectivity index (χ2v) is 7.88. The largest absolute Gasteiger partial charge is 0.507 e. The number of carbonyl (C=O) groups is 1. The number of phenols is 1. The molecule has 0 saturated heterocycles. The van der Waals surface area contributed by atoms with E-state index in [-0.39, 0.29) is 16.9 Å². The molecule has 1 heterocycles. The highest BCUT2D eigenvalue weighted by Crippen LogP contribution is 2.29. The number of nitrogens with zero attached hydrogens (tertiary/aromatic N) is 2. The SMILES string of the molecule is CC(C)(C)c1ccc(O)c(C(=O)c2cnn(-c3ccc(Br)cc3)c2)c1. The van der Waals surface area contributed by atoms with Crippen molar-refractivity contribution in [2.45, 2.75) is 26.2 Å². The van der Waals surface area contributed by atoms with E-state index >= 15 is 0 Å². The fourth-order valence-corrected chi connectivity index (χ4v) is 2.78. The molecule has 4 nitrogen and oxygen atoms in total. The highest BCUT2D eigenvalue weighted by molar-refractivity contribution is 9.10. The maximum Gasteiger partial charge on any atom is 0.199 e. The van der Waals surface area contributed by atoms with Crippen LogP contribution in [0.25, 0.3) is 5.69 Å². The van der Waals surface area contributed by atoms with Crippen molar-refractivity contribution in [3.63, 3.8) is 0 Å². The number of phenolic OH excluding ortho intramolecular Hbond substituents is 1. The molecule has 128 valence electrons. The summed E-state index contributed by atoms with van der Waals surface area (Å²) in [6.45, 7) is 6.21. The van der Waals surface area contributed by atoms with Crippen LogP contribution >= 0.6 is 15.9 Å². The Labute approximate surface area is 155 Å². The van der Waals surface area contributed by atoms with E-state index in [0.717, 1.165) is 15.7 Å². The van der Waals surface area contributed by atoms with Crippen LogP contribution in [0.4, 0.5) is 0 Å². The van der Waals surface area contributed by atoms with Crippen LogP contribution in [0.1, 0.15) is 42.3 Å². The molecule has 1 N–H and O–H groups in total. The molecule has 0 amide bonds. The van der Waals surface area contributed by atoms with Gasteiger partial charge in [-0.25, -0.2) is 4.68 Å². The van der Waals surface area contributed by atoms with E-state index in [0.29, 0.717) is 11.1 Å². The molecule has 0 unspecified atom stereocenters. The molecule has 2 aromatic carbocycles. The van der Waals surface area contributed by atoms with Crippen molar-refractivity contribution in [2.75, 3.05) is 0 Å². The second kappa shape index (κ2) is 6.48. The molecule has 0 radical (unpaired) electrons. The Morgan fingerprint density at radius 3 is 2.44 bits per heavy atom. The zero-order chi connectivity index (χ0) is 18.2. The molecule has 5 heteroatoms. The van der Waals surface area contributed by atoms with E-state index < -0.39 is 0 Å². The van der Waals surface area contributed by atoms with E-state index in [2.05, 4.69) is 41.8 Å². The van der Waals surface area contributed by atoms with Gasteiger partial charge in [0.15, 0.2) is 5.78 Å². The third kappa shape index (κ3) is 3.66. The van der Waals surface area contributed by atoms with Gasteiger partial charge in [0.1, 0.15) is 5.75 Å². The van der Waals surface area contributed by atoms with E-state index in [1.807, 2.05) is 30.3 Å². The van der Waals surface area contributed by atoms with Crippen LogP contribution in [0.2, 0.25) is 0 Å². The lowest BCUT2D eigenvalue weighted by atomic mass is 9.85. The van der Waals surface area contributed by atoms with Crippen LogP contribution in [0.15, 0.2) is 59.3 Å². The minimum atomic E-state index is -0.244. The molecule has 0 aliphatic rings. The van der Waals surface area contributed by atoms with E-state index in [1.165, 1.54) is 6.20 Å². The van der Waals surface area contributed by atoms with Crippen LogP contribution in [-0.2, 0) is 5.41 Å². The van der Waals surface area contributed by atoms with Gasteiger partial charge in [0.25, 0.3) is 0 Å². The minimum Gasteiger partial charge on any atom is -0.507 e. The Bertz CT molecular complexity index is 922. The van der Waals surface area contributed by atoms with Gasteiger partial charge >= 0.3 is 0 Å². The molecule has 0 atom stereocenters. The van der Waals surface area contributed by atoms with Crippen LogP contribution in [0, 0.1) is 0 Å². The number of hydrogen-bond donors (Lipinski definition) is 1. The zero-order valence-electron chi connectivity index (χ0n) is 14.3. The first kappa shape index (κ1) is 17.4. The molecule has 3 rings (SSSR count). The number of halogens is 1. The summed E-state index contributed by atoms with van der Waals surface area (Å²) in [6, 6.07) is 12.8. The van der Waals surface area contributed by atoms with Gasteiger partial charge in [0.2, 0.25) is 0 Å². The Hall–Kier alpha value is -2.40. The van der Waals surface area contributed by atoms with E-state index in [1.54, 1.807) is 23.0 Å². The molecule has 1 aromatic heterocycles. The number of benzene rings is 2. The smallest absolute Gasteiger partial charge is 0.199 e. The standard InChI is InChI=1S/C20H19BrN2O2/c1-20(2,3)14-4-9-18(24)17(10-14)19(25)13-11-22-23(12-13)16-7-5-15(21)6-8-16/h4-12,24H,1-3H3. The van der Waals surface area contributed by atoms with Gasteiger partial charge in [-0.3, -0.25) is 4.79 Å².